The number of benzene rings is 1. The van der Waals surface area contributed by atoms with Crippen LogP contribution in [0.3, 0.4) is 0 Å². The van der Waals surface area contributed by atoms with E-state index in [4.69, 9.17) is 16.7 Å². The Hall–Kier alpha value is -1.10. The highest BCUT2D eigenvalue weighted by Crippen LogP contribution is 2.26. The first-order valence-corrected chi connectivity index (χ1v) is 8.34. The van der Waals surface area contributed by atoms with Crippen LogP contribution < -0.4 is 0 Å². The van der Waals surface area contributed by atoms with Crippen molar-refractivity contribution >= 4 is 17.6 Å². The van der Waals surface area contributed by atoms with Crippen LogP contribution in [0, 0.1) is 0 Å². The quantitative estimate of drug-likeness (QED) is 0.872. The molecule has 0 aromatic heterocycles. The number of aliphatic carboxylic acids is 1. The molecule has 1 saturated heterocycles. The lowest BCUT2D eigenvalue weighted by Gasteiger charge is -2.40. The van der Waals surface area contributed by atoms with E-state index in [0.29, 0.717) is 12.1 Å². The number of nitrogens with zero attached hydrogens (tertiary/aromatic N) is 2. The molecule has 1 unspecified atom stereocenters. The summed E-state index contributed by atoms with van der Waals surface area (Å²) >= 11 is 5.95. The average Bonchev–Trinajstić information content (AvgIpc) is 2.52. The molecule has 0 radical (unpaired) electrons. The van der Waals surface area contributed by atoms with E-state index in [1.54, 1.807) is 0 Å². The number of carboxylic acids is 1. The van der Waals surface area contributed by atoms with E-state index in [1.807, 2.05) is 19.1 Å². The SMILES string of the molecule is CCN(CC(=O)O)C1CCN(C(C)c2ccc(Cl)cc2)CC1. The molecule has 0 saturated carbocycles. The second-order valence-electron chi connectivity index (χ2n) is 5.95. The average molecular weight is 325 g/mol. The van der Waals surface area contributed by atoms with Crippen LogP contribution in [0.25, 0.3) is 0 Å². The largest absolute Gasteiger partial charge is 0.480 e. The Bertz CT molecular complexity index is 484. The Morgan fingerprint density at radius 3 is 2.45 bits per heavy atom. The maximum Gasteiger partial charge on any atom is 0.317 e. The zero-order valence-corrected chi connectivity index (χ0v) is 14.1. The number of rotatable bonds is 6. The lowest BCUT2D eigenvalue weighted by molar-refractivity contribution is -0.139. The number of piperidine rings is 1. The summed E-state index contributed by atoms with van der Waals surface area (Å²) in [6.07, 6.45) is 2.05. The van der Waals surface area contributed by atoms with E-state index >= 15 is 0 Å². The Balaban J connectivity index is 1.90. The Morgan fingerprint density at radius 2 is 1.95 bits per heavy atom. The predicted molar refractivity (Wildman–Crippen MR) is 89.3 cm³/mol. The summed E-state index contributed by atoms with van der Waals surface area (Å²) in [4.78, 5) is 15.5. The van der Waals surface area contributed by atoms with Crippen molar-refractivity contribution in [3.8, 4) is 0 Å². The molecule has 1 aliphatic heterocycles. The fraction of sp³-hybridized carbons (Fsp3) is 0.588. The number of carboxylic acid groups (broad SMARTS) is 1. The van der Waals surface area contributed by atoms with Crippen LogP contribution in [0.5, 0.6) is 0 Å². The van der Waals surface area contributed by atoms with Gasteiger partial charge in [0.25, 0.3) is 0 Å². The minimum Gasteiger partial charge on any atom is -0.480 e. The van der Waals surface area contributed by atoms with Crippen LogP contribution in [0.1, 0.15) is 38.3 Å². The van der Waals surface area contributed by atoms with Crippen molar-refractivity contribution in [2.45, 2.75) is 38.8 Å². The third-order valence-corrected chi connectivity index (χ3v) is 4.91. The summed E-state index contributed by atoms with van der Waals surface area (Å²) in [5.41, 5.74) is 1.28. The lowest BCUT2D eigenvalue weighted by atomic mass is 9.99. The summed E-state index contributed by atoms with van der Waals surface area (Å²) in [5.74, 6) is -0.737. The number of likely N-dealkylation sites (tertiary alicyclic amines) is 1. The van der Waals surface area contributed by atoms with Gasteiger partial charge in [-0.25, -0.2) is 0 Å². The fourth-order valence-electron chi connectivity index (χ4n) is 3.26. The second kappa shape index (κ2) is 7.95. The van der Waals surface area contributed by atoms with Gasteiger partial charge in [-0.3, -0.25) is 14.6 Å². The van der Waals surface area contributed by atoms with Crippen molar-refractivity contribution in [3.05, 3.63) is 34.9 Å². The smallest absolute Gasteiger partial charge is 0.317 e. The number of likely N-dealkylation sites (N-methyl/N-ethyl adjacent to an activating group) is 1. The van der Waals surface area contributed by atoms with Gasteiger partial charge in [-0.15, -0.1) is 0 Å². The number of halogens is 1. The first-order chi connectivity index (χ1) is 10.5. The highest BCUT2D eigenvalue weighted by Gasteiger charge is 2.27. The molecule has 0 amide bonds. The molecule has 1 fully saturated rings. The third-order valence-electron chi connectivity index (χ3n) is 4.66. The fourth-order valence-corrected chi connectivity index (χ4v) is 3.39. The number of hydrogen-bond donors (Lipinski definition) is 1. The van der Waals surface area contributed by atoms with E-state index < -0.39 is 5.97 Å². The van der Waals surface area contributed by atoms with Crippen molar-refractivity contribution in [3.63, 3.8) is 0 Å². The highest BCUT2D eigenvalue weighted by atomic mass is 35.5. The Kier molecular flexibility index (Phi) is 6.24. The van der Waals surface area contributed by atoms with Gasteiger partial charge in [-0.2, -0.15) is 0 Å². The van der Waals surface area contributed by atoms with Crippen molar-refractivity contribution < 1.29 is 9.90 Å². The maximum atomic E-state index is 10.9. The van der Waals surface area contributed by atoms with E-state index in [1.165, 1.54) is 5.56 Å². The minimum absolute atomic E-state index is 0.147. The van der Waals surface area contributed by atoms with Crippen LogP contribution in [-0.4, -0.2) is 53.1 Å². The summed E-state index contributed by atoms with van der Waals surface area (Å²) in [6, 6.07) is 8.80. The number of hydrogen-bond acceptors (Lipinski definition) is 3. The summed E-state index contributed by atoms with van der Waals surface area (Å²) in [7, 11) is 0. The van der Waals surface area contributed by atoms with Crippen molar-refractivity contribution in [2.24, 2.45) is 0 Å². The van der Waals surface area contributed by atoms with Crippen LogP contribution in [0.15, 0.2) is 24.3 Å². The van der Waals surface area contributed by atoms with Crippen molar-refractivity contribution in [1.29, 1.82) is 0 Å². The molecule has 1 N–H and O–H groups in total. The van der Waals surface area contributed by atoms with Crippen LogP contribution in [0.2, 0.25) is 5.02 Å². The molecule has 1 aromatic rings. The molecule has 2 rings (SSSR count). The topological polar surface area (TPSA) is 43.8 Å². The van der Waals surface area contributed by atoms with Gasteiger partial charge >= 0.3 is 5.97 Å². The van der Waals surface area contributed by atoms with Crippen molar-refractivity contribution in [1.82, 2.24) is 9.80 Å². The molecule has 1 heterocycles. The highest BCUT2D eigenvalue weighted by molar-refractivity contribution is 6.30. The van der Waals surface area contributed by atoms with Gasteiger partial charge in [0.1, 0.15) is 0 Å². The van der Waals surface area contributed by atoms with Gasteiger partial charge in [0, 0.05) is 30.2 Å². The normalized spacial score (nSPS) is 18.5. The van der Waals surface area contributed by atoms with E-state index in [-0.39, 0.29) is 6.54 Å². The first kappa shape index (κ1) is 17.3. The van der Waals surface area contributed by atoms with Crippen molar-refractivity contribution in [2.75, 3.05) is 26.2 Å². The van der Waals surface area contributed by atoms with Crippen LogP contribution >= 0.6 is 11.6 Å². The van der Waals surface area contributed by atoms with E-state index in [0.717, 1.165) is 37.5 Å². The standard InChI is InChI=1S/C17H25ClN2O2/c1-3-19(12-17(21)22)16-8-10-20(11-9-16)13(2)14-4-6-15(18)7-5-14/h4-7,13,16H,3,8-12H2,1-2H3,(H,21,22). The van der Waals surface area contributed by atoms with Crippen LogP contribution in [0.4, 0.5) is 0 Å². The zero-order chi connectivity index (χ0) is 16.1. The van der Waals surface area contributed by atoms with Gasteiger partial charge in [-0.05, 0) is 44.0 Å². The molecule has 1 aliphatic rings. The van der Waals surface area contributed by atoms with Gasteiger partial charge in [0.15, 0.2) is 0 Å². The molecule has 0 spiro atoms. The summed E-state index contributed by atoms with van der Waals surface area (Å²) in [6.45, 7) is 7.21. The minimum atomic E-state index is -0.737. The first-order valence-electron chi connectivity index (χ1n) is 7.96. The lowest BCUT2D eigenvalue weighted by Crippen LogP contribution is -2.47. The molecule has 1 aromatic carbocycles. The molecule has 5 heteroatoms. The monoisotopic (exact) mass is 324 g/mol. The predicted octanol–water partition coefficient (Wildman–Crippen LogP) is 3.27. The third kappa shape index (κ3) is 4.45. The van der Waals surface area contributed by atoms with Gasteiger partial charge in [0.05, 0.1) is 6.54 Å². The molecule has 122 valence electrons. The maximum absolute atomic E-state index is 10.9. The molecular weight excluding hydrogens is 300 g/mol. The van der Waals surface area contributed by atoms with Gasteiger partial charge in [-0.1, -0.05) is 30.7 Å². The van der Waals surface area contributed by atoms with E-state index in [2.05, 4.69) is 28.9 Å². The molecule has 1 atom stereocenters. The zero-order valence-electron chi connectivity index (χ0n) is 13.3. The summed E-state index contributed by atoms with van der Waals surface area (Å²) in [5, 5.41) is 9.76. The van der Waals surface area contributed by atoms with E-state index in [9.17, 15) is 4.79 Å². The number of carbonyl (C=O) groups is 1. The van der Waals surface area contributed by atoms with Crippen LogP contribution in [-0.2, 0) is 4.79 Å². The molecule has 4 nitrogen and oxygen atoms in total. The Labute approximate surface area is 137 Å². The molecule has 0 bridgehead atoms. The Morgan fingerprint density at radius 1 is 1.36 bits per heavy atom. The molecule has 22 heavy (non-hydrogen) atoms. The molecular formula is C17H25ClN2O2. The summed E-state index contributed by atoms with van der Waals surface area (Å²) < 4.78 is 0. The van der Waals surface area contributed by atoms with Gasteiger partial charge < -0.3 is 5.11 Å². The van der Waals surface area contributed by atoms with Gasteiger partial charge in [0.2, 0.25) is 0 Å². The molecule has 0 aliphatic carbocycles. The second-order valence-corrected chi connectivity index (χ2v) is 6.39.